The molecule has 1 aromatic carbocycles. The zero-order valence-corrected chi connectivity index (χ0v) is 13.0. The van der Waals surface area contributed by atoms with Crippen molar-refractivity contribution in [3.05, 3.63) is 28.2 Å². The second kappa shape index (κ2) is 6.07. The van der Waals surface area contributed by atoms with Gasteiger partial charge in [-0.2, -0.15) is 0 Å². The molecule has 1 N–H and O–H groups in total. The smallest absolute Gasteiger partial charge is 0.122 e. The van der Waals surface area contributed by atoms with Gasteiger partial charge < -0.3 is 10.1 Å². The molecule has 100 valence electrons. The molecule has 2 unspecified atom stereocenters. The lowest BCUT2D eigenvalue weighted by Gasteiger charge is -2.22. The van der Waals surface area contributed by atoms with Gasteiger partial charge in [0.2, 0.25) is 0 Å². The van der Waals surface area contributed by atoms with Gasteiger partial charge in [-0.3, -0.25) is 0 Å². The van der Waals surface area contributed by atoms with E-state index in [0.29, 0.717) is 12.0 Å². The Bertz CT molecular complexity index is 403. The summed E-state index contributed by atoms with van der Waals surface area (Å²) in [6, 6.07) is 7.55. The van der Waals surface area contributed by atoms with Crippen LogP contribution in [0.1, 0.15) is 32.3 Å². The van der Waals surface area contributed by atoms with Gasteiger partial charge in [0, 0.05) is 16.6 Å². The second-order valence-corrected chi connectivity index (χ2v) is 6.28. The molecule has 2 rings (SSSR count). The maximum absolute atomic E-state index is 5.43. The summed E-state index contributed by atoms with van der Waals surface area (Å²) in [5, 5.41) is 3.67. The number of halogens is 1. The van der Waals surface area contributed by atoms with Crippen LogP contribution in [0.5, 0.6) is 5.75 Å². The van der Waals surface area contributed by atoms with Crippen LogP contribution >= 0.6 is 15.9 Å². The number of methoxy groups -OCH3 is 1. The summed E-state index contributed by atoms with van der Waals surface area (Å²) < 4.78 is 6.55. The minimum Gasteiger partial charge on any atom is -0.496 e. The van der Waals surface area contributed by atoms with Crippen LogP contribution in [-0.2, 0) is 6.42 Å². The van der Waals surface area contributed by atoms with Crippen LogP contribution < -0.4 is 10.1 Å². The number of nitrogens with one attached hydrogen (secondary N) is 1. The van der Waals surface area contributed by atoms with E-state index in [1.54, 1.807) is 7.11 Å². The first kappa shape index (κ1) is 13.9. The molecule has 1 aliphatic carbocycles. The topological polar surface area (TPSA) is 21.3 Å². The first-order valence-corrected chi connectivity index (χ1v) is 7.48. The van der Waals surface area contributed by atoms with E-state index < -0.39 is 0 Å². The number of ether oxygens (including phenoxy) is 1. The first-order valence-electron chi connectivity index (χ1n) is 6.68. The fourth-order valence-electron chi connectivity index (χ4n) is 2.22. The molecule has 0 radical (unpaired) electrons. The number of benzene rings is 1. The van der Waals surface area contributed by atoms with E-state index in [9.17, 15) is 0 Å². The molecule has 3 heteroatoms. The molecule has 1 fully saturated rings. The van der Waals surface area contributed by atoms with Crippen molar-refractivity contribution in [3.63, 3.8) is 0 Å². The van der Waals surface area contributed by atoms with Crippen LogP contribution in [0, 0.1) is 5.92 Å². The van der Waals surface area contributed by atoms with E-state index in [-0.39, 0.29) is 0 Å². The Morgan fingerprint density at radius 2 is 2.11 bits per heavy atom. The number of hydrogen-bond donors (Lipinski definition) is 1. The predicted octanol–water partition coefficient (Wildman–Crippen LogP) is 3.78. The average Bonchev–Trinajstić information content (AvgIpc) is 3.13. The molecule has 0 aromatic heterocycles. The lowest BCUT2D eigenvalue weighted by molar-refractivity contribution is 0.378. The van der Waals surface area contributed by atoms with Crippen molar-refractivity contribution in [2.75, 3.05) is 7.11 Å². The summed E-state index contributed by atoms with van der Waals surface area (Å²) in [5.41, 5.74) is 1.28. The van der Waals surface area contributed by atoms with Crippen LogP contribution in [0.3, 0.4) is 0 Å². The van der Waals surface area contributed by atoms with Gasteiger partial charge in [0.05, 0.1) is 7.11 Å². The van der Waals surface area contributed by atoms with Gasteiger partial charge in [0.1, 0.15) is 5.75 Å². The van der Waals surface area contributed by atoms with Gasteiger partial charge in [0.25, 0.3) is 0 Å². The minimum absolute atomic E-state index is 0.557. The van der Waals surface area contributed by atoms with E-state index in [0.717, 1.165) is 22.7 Å². The lowest BCUT2D eigenvalue weighted by atomic mass is 9.94. The highest BCUT2D eigenvalue weighted by atomic mass is 79.9. The summed E-state index contributed by atoms with van der Waals surface area (Å²) in [6.07, 6.45) is 3.73. The molecule has 0 amide bonds. The quantitative estimate of drug-likeness (QED) is 0.863. The third kappa shape index (κ3) is 3.72. The molecule has 18 heavy (non-hydrogen) atoms. The highest BCUT2D eigenvalue weighted by molar-refractivity contribution is 9.10. The fraction of sp³-hybridized carbons (Fsp3) is 0.600. The third-order valence-corrected chi connectivity index (χ3v) is 4.21. The molecule has 2 atom stereocenters. The van der Waals surface area contributed by atoms with Crippen LogP contribution in [0.4, 0.5) is 0 Å². The van der Waals surface area contributed by atoms with E-state index in [1.807, 2.05) is 12.1 Å². The predicted molar refractivity (Wildman–Crippen MR) is 79.2 cm³/mol. The maximum Gasteiger partial charge on any atom is 0.122 e. The Morgan fingerprint density at radius 3 is 2.72 bits per heavy atom. The molecule has 0 saturated heterocycles. The van der Waals surface area contributed by atoms with Crippen molar-refractivity contribution in [3.8, 4) is 5.75 Å². The monoisotopic (exact) mass is 311 g/mol. The molecule has 1 aliphatic rings. The van der Waals surface area contributed by atoms with Crippen molar-refractivity contribution in [2.45, 2.75) is 45.2 Å². The zero-order chi connectivity index (χ0) is 13.1. The standard InChI is InChI=1S/C15H22BrNO/c1-10(11(2)17-14-5-6-14)8-12-9-13(16)4-7-15(12)18-3/h4,7,9-11,14,17H,5-6,8H2,1-3H3. The Morgan fingerprint density at radius 1 is 1.39 bits per heavy atom. The lowest BCUT2D eigenvalue weighted by Crippen LogP contribution is -2.34. The average molecular weight is 312 g/mol. The molecule has 0 bridgehead atoms. The van der Waals surface area contributed by atoms with Crippen molar-refractivity contribution in [1.29, 1.82) is 0 Å². The van der Waals surface area contributed by atoms with Gasteiger partial charge in [-0.25, -0.2) is 0 Å². The summed E-state index contributed by atoms with van der Waals surface area (Å²) in [5.74, 6) is 1.59. The third-order valence-electron chi connectivity index (χ3n) is 3.71. The van der Waals surface area contributed by atoms with Gasteiger partial charge in [-0.1, -0.05) is 22.9 Å². The first-order chi connectivity index (χ1) is 8.60. The van der Waals surface area contributed by atoms with E-state index >= 15 is 0 Å². The van der Waals surface area contributed by atoms with Crippen LogP contribution in [0.25, 0.3) is 0 Å². The number of hydrogen-bond acceptors (Lipinski definition) is 2. The Kier molecular flexibility index (Phi) is 4.68. The summed E-state index contributed by atoms with van der Waals surface area (Å²) in [4.78, 5) is 0. The second-order valence-electron chi connectivity index (χ2n) is 5.37. The fourth-order valence-corrected chi connectivity index (χ4v) is 2.62. The van der Waals surface area contributed by atoms with Crippen molar-refractivity contribution in [1.82, 2.24) is 5.32 Å². The molecule has 1 saturated carbocycles. The zero-order valence-electron chi connectivity index (χ0n) is 11.4. The van der Waals surface area contributed by atoms with E-state index in [4.69, 9.17) is 4.74 Å². The SMILES string of the molecule is COc1ccc(Br)cc1CC(C)C(C)NC1CC1. The van der Waals surface area contributed by atoms with Gasteiger partial charge in [-0.05, 0) is 55.9 Å². The highest BCUT2D eigenvalue weighted by Gasteiger charge is 2.25. The van der Waals surface area contributed by atoms with Gasteiger partial charge >= 0.3 is 0 Å². The van der Waals surface area contributed by atoms with Gasteiger partial charge in [0.15, 0.2) is 0 Å². The normalized spacial score (nSPS) is 18.4. The molecule has 0 spiro atoms. The summed E-state index contributed by atoms with van der Waals surface area (Å²) in [6.45, 7) is 4.59. The molecule has 0 heterocycles. The molecular formula is C15H22BrNO. The molecule has 0 aliphatic heterocycles. The molecular weight excluding hydrogens is 290 g/mol. The maximum atomic E-state index is 5.43. The number of rotatable bonds is 6. The van der Waals surface area contributed by atoms with Gasteiger partial charge in [-0.15, -0.1) is 0 Å². The van der Waals surface area contributed by atoms with Crippen molar-refractivity contribution >= 4 is 15.9 Å². The van der Waals surface area contributed by atoms with Crippen LogP contribution in [-0.4, -0.2) is 19.2 Å². The Balaban J connectivity index is 2.00. The van der Waals surface area contributed by atoms with E-state index in [1.165, 1.54) is 18.4 Å². The van der Waals surface area contributed by atoms with Crippen molar-refractivity contribution < 1.29 is 4.74 Å². The highest BCUT2D eigenvalue weighted by Crippen LogP contribution is 2.27. The van der Waals surface area contributed by atoms with E-state index in [2.05, 4.69) is 41.2 Å². The summed E-state index contributed by atoms with van der Waals surface area (Å²) >= 11 is 3.53. The Labute approximate surface area is 118 Å². The molecule has 2 nitrogen and oxygen atoms in total. The largest absolute Gasteiger partial charge is 0.496 e. The molecule has 1 aromatic rings. The van der Waals surface area contributed by atoms with Crippen LogP contribution in [0.2, 0.25) is 0 Å². The van der Waals surface area contributed by atoms with Crippen LogP contribution in [0.15, 0.2) is 22.7 Å². The Hall–Kier alpha value is -0.540. The summed E-state index contributed by atoms with van der Waals surface area (Å²) in [7, 11) is 1.74. The van der Waals surface area contributed by atoms with Crippen molar-refractivity contribution in [2.24, 2.45) is 5.92 Å². The minimum atomic E-state index is 0.557.